The Morgan fingerprint density at radius 2 is 1.71 bits per heavy atom. The van der Waals surface area contributed by atoms with Gasteiger partial charge in [0.1, 0.15) is 0 Å². The molecule has 2 fully saturated rings. The van der Waals surface area contributed by atoms with Crippen molar-refractivity contribution in [3.8, 4) is 0 Å². The Bertz CT molecular complexity index is 386. The van der Waals surface area contributed by atoms with Crippen LogP contribution < -0.4 is 5.32 Å². The maximum Gasteiger partial charge on any atom is 0.00683 e. The van der Waals surface area contributed by atoms with E-state index in [1.807, 2.05) is 0 Å². The highest BCUT2D eigenvalue weighted by Crippen LogP contribution is 2.42. The molecule has 17 heavy (non-hydrogen) atoms. The number of benzene rings is 1. The molecule has 1 nitrogen and oxygen atoms in total. The third-order valence-electron chi connectivity index (χ3n) is 4.34. The highest BCUT2D eigenvalue weighted by Gasteiger charge is 2.33. The van der Waals surface area contributed by atoms with Gasteiger partial charge in [-0.3, -0.25) is 0 Å². The molecule has 0 amide bonds. The van der Waals surface area contributed by atoms with Gasteiger partial charge in [-0.15, -0.1) is 0 Å². The summed E-state index contributed by atoms with van der Waals surface area (Å²) >= 11 is 0. The smallest absolute Gasteiger partial charge is 0.00683 e. The zero-order valence-electron chi connectivity index (χ0n) is 11.0. The van der Waals surface area contributed by atoms with E-state index in [1.54, 1.807) is 5.56 Å². The first-order chi connectivity index (χ1) is 8.22. The molecule has 0 aromatic heterocycles. The van der Waals surface area contributed by atoms with E-state index in [0.29, 0.717) is 0 Å². The molecule has 0 saturated heterocycles. The maximum atomic E-state index is 3.69. The molecule has 2 aliphatic carbocycles. The summed E-state index contributed by atoms with van der Waals surface area (Å²) in [5.41, 5.74) is 4.41. The van der Waals surface area contributed by atoms with Crippen LogP contribution in [-0.2, 0) is 0 Å². The summed E-state index contributed by atoms with van der Waals surface area (Å²) in [5.74, 6) is 1.71. The van der Waals surface area contributed by atoms with Gasteiger partial charge in [0.25, 0.3) is 0 Å². The quantitative estimate of drug-likeness (QED) is 0.832. The normalized spacial score (nSPS) is 27.9. The van der Waals surface area contributed by atoms with Crippen molar-refractivity contribution in [2.45, 2.75) is 51.5 Å². The molecule has 0 heterocycles. The van der Waals surface area contributed by atoms with Gasteiger partial charge in [0.2, 0.25) is 0 Å². The topological polar surface area (TPSA) is 12.0 Å². The van der Waals surface area contributed by atoms with Crippen molar-refractivity contribution in [3.63, 3.8) is 0 Å². The Balaban J connectivity index is 1.65. The van der Waals surface area contributed by atoms with Gasteiger partial charge in [-0.2, -0.15) is 0 Å². The Morgan fingerprint density at radius 3 is 2.24 bits per heavy atom. The van der Waals surface area contributed by atoms with E-state index in [1.165, 1.54) is 43.4 Å². The second-order valence-electron chi connectivity index (χ2n) is 6.05. The minimum Gasteiger partial charge on any atom is -0.314 e. The molecule has 2 atom stereocenters. The third kappa shape index (κ3) is 2.55. The van der Waals surface area contributed by atoms with Crippen molar-refractivity contribution < 1.29 is 0 Å². The van der Waals surface area contributed by atoms with Crippen molar-refractivity contribution in [1.29, 1.82) is 0 Å². The highest BCUT2D eigenvalue weighted by molar-refractivity contribution is 5.32. The van der Waals surface area contributed by atoms with Crippen LogP contribution in [0.5, 0.6) is 0 Å². The van der Waals surface area contributed by atoms with Crippen LogP contribution >= 0.6 is 0 Å². The second-order valence-corrected chi connectivity index (χ2v) is 6.05. The Kier molecular flexibility index (Phi) is 2.96. The van der Waals surface area contributed by atoms with E-state index in [4.69, 9.17) is 0 Å². The van der Waals surface area contributed by atoms with Crippen LogP contribution in [0.2, 0.25) is 0 Å². The van der Waals surface area contributed by atoms with E-state index in [0.717, 1.165) is 17.9 Å². The lowest BCUT2D eigenvalue weighted by molar-refractivity contribution is 0.245. The molecule has 2 saturated carbocycles. The van der Waals surface area contributed by atoms with Gasteiger partial charge in [0, 0.05) is 6.04 Å². The van der Waals surface area contributed by atoms with Crippen LogP contribution in [0.25, 0.3) is 0 Å². The van der Waals surface area contributed by atoms with E-state index in [9.17, 15) is 0 Å². The zero-order valence-corrected chi connectivity index (χ0v) is 11.0. The first-order valence-corrected chi connectivity index (χ1v) is 7.04. The SMILES string of the molecule is Cc1cc(C)cc(C2CCC2CNC2CC2)c1. The lowest BCUT2D eigenvalue weighted by Gasteiger charge is -2.37. The lowest BCUT2D eigenvalue weighted by Crippen LogP contribution is -2.34. The van der Waals surface area contributed by atoms with Crippen LogP contribution in [0.3, 0.4) is 0 Å². The lowest BCUT2D eigenvalue weighted by atomic mass is 9.69. The molecule has 1 aromatic carbocycles. The van der Waals surface area contributed by atoms with Crippen molar-refractivity contribution in [1.82, 2.24) is 5.32 Å². The fraction of sp³-hybridized carbons (Fsp3) is 0.625. The molecule has 92 valence electrons. The van der Waals surface area contributed by atoms with Gasteiger partial charge in [0.05, 0.1) is 0 Å². The summed E-state index contributed by atoms with van der Waals surface area (Å²) in [4.78, 5) is 0. The molecular formula is C16H23N. The average Bonchev–Trinajstić information content (AvgIpc) is 2.98. The zero-order chi connectivity index (χ0) is 11.8. The number of hydrogen-bond acceptors (Lipinski definition) is 1. The van der Waals surface area contributed by atoms with E-state index in [2.05, 4.69) is 37.4 Å². The monoisotopic (exact) mass is 229 g/mol. The Labute approximate surface area is 105 Å². The standard InChI is InChI=1S/C16H23N/c1-11-7-12(2)9-14(8-11)16-6-3-13(16)10-17-15-4-5-15/h7-9,13,15-17H,3-6,10H2,1-2H3. The first kappa shape index (κ1) is 11.3. The van der Waals surface area contributed by atoms with E-state index < -0.39 is 0 Å². The molecule has 1 N–H and O–H groups in total. The number of rotatable bonds is 4. The Hall–Kier alpha value is -0.820. The van der Waals surface area contributed by atoms with Gasteiger partial charge in [-0.1, -0.05) is 29.3 Å². The molecule has 2 unspecified atom stereocenters. The van der Waals surface area contributed by atoms with Crippen LogP contribution in [-0.4, -0.2) is 12.6 Å². The predicted octanol–water partition coefficient (Wildman–Crippen LogP) is 3.55. The second kappa shape index (κ2) is 4.45. The van der Waals surface area contributed by atoms with Gasteiger partial charge >= 0.3 is 0 Å². The molecule has 0 radical (unpaired) electrons. The van der Waals surface area contributed by atoms with Crippen molar-refractivity contribution in [2.24, 2.45) is 5.92 Å². The summed E-state index contributed by atoms with van der Waals surface area (Å²) in [6.45, 7) is 5.67. The molecule has 0 bridgehead atoms. The van der Waals surface area contributed by atoms with Crippen LogP contribution in [0.1, 0.15) is 48.3 Å². The van der Waals surface area contributed by atoms with E-state index >= 15 is 0 Å². The summed E-state index contributed by atoms with van der Waals surface area (Å²) in [6.07, 6.45) is 5.61. The van der Waals surface area contributed by atoms with E-state index in [-0.39, 0.29) is 0 Å². The number of nitrogens with one attached hydrogen (secondary N) is 1. The number of hydrogen-bond donors (Lipinski definition) is 1. The predicted molar refractivity (Wildman–Crippen MR) is 72.4 cm³/mol. The minimum atomic E-state index is 0.819. The third-order valence-corrected chi connectivity index (χ3v) is 4.34. The maximum absolute atomic E-state index is 3.69. The summed E-state index contributed by atoms with van der Waals surface area (Å²) in [6, 6.07) is 7.91. The van der Waals surface area contributed by atoms with Crippen molar-refractivity contribution in [2.75, 3.05) is 6.54 Å². The van der Waals surface area contributed by atoms with Crippen LogP contribution in [0.4, 0.5) is 0 Å². The highest BCUT2D eigenvalue weighted by atomic mass is 14.9. The summed E-state index contributed by atoms with van der Waals surface area (Å²) in [7, 11) is 0. The fourth-order valence-corrected chi connectivity index (χ4v) is 3.08. The van der Waals surface area contributed by atoms with Gasteiger partial charge in [-0.05, 0) is 63.5 Å². The molecule has 1 aromatic rings. The molecule has 2 aliphatic rings. The minimum absolute atomic E-state index is 0.819. The van der Waals surface area contributed by atoms with Crippen molar-refractivity contribution in [3.05, 3.63) is 34.9 Å². The van der Waals surface area contributed by atoms with Gasteiger partial charge in [-0.25, -0.2) is 0 Å². The van der Waals surface area contributed by atoms with Gasteiger partial charge in [0.15, 0.2) is 0 Å². The molecule has 1 heteroatoms. The summed E-state index contributed by atoms with van der Waals surface area (Å²) < 4.78 is 0. The molecule has 3 rings (SSSR count). The largest absolute Gasteiger partial charge is 0.314 e. The first-order valence-electron chi connectivity index (χ1n) is 7.04. The van der Waals surface area contributed by atoms with Gasteiger partial charge < -0.3 is 5.32 Å². The molecular weight excluding hydrogens is 206 g/mol. The summed E-state index contributed by atoms with van der Waals surface area (Å²) in [5, 5.41) is 3.69. The van der Waals surface area contributed by atoms with Crippen LogP contribution in [0.15, 0.2) is 18.2 Å². The fourth-order valence-electron chi connectivity index (χ4n) is 3.08. The molecule has 0 spiro atoms. The molecule has 0 aliphatic heterocycles. The number of aryl methyl sites for hydroxylation is 2. The van der Waals surface area contributed by atoms with Crippen molar-refractivity contribution >= 4 is 0 Å². The van der Waals surface area contributed by atoms with Crippen LogP contribution in [0, 0.1) is 19.8 Å². The Morgan fingerprint density at radius 1 is 1.00 bits per heavy atom. The average molecular weight is 229 g/mol.